The fourth-order valence-electron chi connectivity index (χ4n) is 3.45. The highest BCUT2D eigenvalue weighted by atomic mass is 16.5. The Balaban J connectivity index is 1.70. The van der Waals surface area contributed by atoms with E-state index in [0.29, 0.717) is 18.9 Å². The number of rotatable bonds is 4. The number of hydrogen-bond acceptors (Lipinski definition) is 5. The second-order valence-electron chi connectivity index (χ2n) is 7.01. The lowest BCUT2D eigenvalue weighted by molar-refractivity contribution is -0.140. The molecular weight excluding hydrogens is 310 g/mol. The molecule has 2 aliphatic rings. The second-order valence-corrected chi connectivity index (χ2v) is 7.01. The van der Waals surface area contributed by atoms with E-state index in [1.54, 1.807) is 0 Å². The van der Waals surface area contributed by atoms with Crippen molar-refractivity contribution in [2.75, 3.05) is 36.5 Å². The third-order valence-electron chi connectivity index (χ3n) is 5.04. The fraction of sp³-hybridized carbons (Fsp3) is 0.588. The van der Waals surface area contributed by atoms with Gasteiger partial charge in [0.2, 0.25) is 5.91 Å². The summed E-state index contributed by atoms with van der Waals surface area (Å²) < 4.78 is 5.34. The van der Waals surface area contributed by atoms with Crippen LogP contribution in [0.3, 0.4) is 0 Å². The first kappa shape index (κ1) is 16.7. The van der Waals surface area contributed by atoms with Crippen molar-refractivity contribution in [3.05, 3.63) is 17.8 Å². The lowest BCUT2D eigenvalue weighted by atomic mass is 10.1. The topological polar surface area (TPSA) is 91.8 Å². The van der Waals surface area contributed by atoms with Gasteiger partial charge in [0.1, 0.15) is 5.82 Å². The van der Waals surface area contributed by atoms with Gasteiger partial charge in [-0.3, -0.25) is 9.59 Å². The normalized spacial score (nSPS) is 25.2. The molecule has 2 atom stereocenters. The zero-order valence-corrected chi connectivity index (χ0v) is 14.2. The summed E-state index contributed by atoms with van der Waals surface area (Å²) in [5.74, 6) is -1.44. The number of carbonyl (C=O) groups is 2. The number of aliphatic carboxylic acids is 1. The van der Waals surface area contributed by atoms with Crippen LogP contribution in [0.25, 0.3) is 0 Å². The highest BCUT2D eigenvalue weighted by Gasteiger charge is 2.65. The molecule has 0 spiro atoms. The minimum absolute atomic E-state index is 0.253. The number of nitrogens with zero attached hydrogens (tertiary/aromatic N) is 2. The molecule has 7 heteroatoms. The molecule has 0 aromatic carbocycles. The second kappa shape index (κ2) is 6.05. The molecule has 24 heavy (non-hydrogen) atoms. The number of pyridine rings is 1. The van der Waals surface area contributed by atoms with E-state index in [9.17, 15) is 14.7 Å². The molecule has 0 unspecified atom stereocenters. The number of hydrogen-bond donors (Lipinski definition) is 2. The van der Waals surface area contributed by atoms with Gasteiger partial charge in [0.05, 0.1) is 36.4 Å². The predicted molar refractivity (Wildman–Crippen MR) is 89.0 cm³/mol. The predicted octanol–water partition coefficient (Wildman–Crippen LogP) is 1.52. The highest BCUT2D eigenvalue weighted by Crippen LogP contribution is 2.58. The van der Waals surface area contributed by atoms with Crippen LogP contribution >= 0.6 is 0 Å². The largest absolute Gasteiger partial charge is 0.481 e. The zero-order chi connectivity index (χ0) is 17.5. The number of carbonyl (C=O) groups excluding carboxylic acids is 1. The lowest BCUT2D eigenvalue weighted by Crippen LogP contribution is -2.36. The van der Waals surface area contributed by atoms with Crippen LogP contribution in [0.1, 0.15) is 19.5 Å². The van der Waals surface area contributed by atoms with E-state index in [4.69, 9.17) is 4.74 Å². The van der Waals surface area contributed by atoms with Gasteiger partial charge in [-0.1, -0.05) is 13.8 Å². The molecule has 1 aromatic heterocycles. The fourth-order valence-corrected chi connectivity index (χ4v) is 3.45. The van der Waals surface area contributed by atoms with Crippen LogP contribution in [0, 0.1) is 24.2 Å². The SMILES string of the molecule is Cc1nc(N2CCOCC2)ccc1NC(=O)[C@@H]1[C@H](C(=O)O)C1(C)C. The first-order valence-corrected chi connectivity index (χ1v) is 8.16. The van der Waals surface area contributed by atoms with E-state index in [1.807, 2.05) is 32.9 Å². The quantitative estimate of drug-likeness (QED) is 0.868. The number of carboxylic acid groups (broad SMARTS) is 1. The molecule has 7 nitrogen and oxygen atoms in total. The smallest absolute Gasteiger partial charge is 0.307 e. The molecule has 1 aliphatic heterocycles. The number of amides is 1. The number of aryl methyl sites for hydroxylation is 1. The van der Waals surface area contributed by atoms with Gasteiger partial charge in [0, 0.05) is 13.1 Å². The van der Waals surface area contributed by atoms with E-state index in [1.165, 1.54) is 0 Å². The molecule has 2 heterocycles. The molecule has 130 valence electrons. The Morgan fingerprint density at radius 3 is 2.50 bits per heavy atom. The standard InChI is InChI=1S/C17H23N3O4/c1-10-11(4-5-12(18-10)20-6-8-24-9-7-20)19-15(21)13-14(16(22)23)17(13,2)3/h4-5,13-14H,6-9H2,1-3H3,(H,19,21)(H,22,23)/t13-,14+/m0/s1. The summed E-state index contributed by atoms with van der Waals surface area (Å²) in [7, 11) is 0. The number of carboxylic acids is 1. The Bertz CT molecular complexity index is 668. The maximum Gasteiger partial charge on any atom is 0.307 e. The Kier molecular flexibility index (Phi) is 4.21. The van der Waals surface area contributed by atoms with E-state index < -0.39 is 23.2 Å². The highest BCUT2D eigenvalue weighted by molar-refractivity contribution is 6.00. The zero-order valence-electron chi connectivity index (χ0n) is 14.2. The number of ether oxygens (including phenoxy) is 1. The summed E-state index contributed by atoms with van der Waals surface area (Å²) in [5, 5.41) is 12.0. The van der Waals surface area contributed by atoms with Crippen molar-refractivity contribution in [2.45, 2.75) is 20.8 Å². The monoisotopic (exact) mass is 333 g/mol. The summed E-state index contributed by atoms with van der Waals surface area (Å²) in [5.41, 5.74) is 0.840. The van der Waals surface area contributed by atoms with Crippen molar-refractivity contribution in [3.63, 3.8) is 0 Å². The van der Waals surface area contributed by atoms with Gasteiger partial charge in [-0.05, 0) is 24.5 Å². The van der Waals surface area contributed by atoms with Crippen LogP contribution in [-0.2, 0) is 14.3 Å². The number of nitrogens with one attached hydrogen (secondary N) is 1. The van der Waals surface area contributed by atoms with Crippen molar-refractivity contribution in [1.82, 2.24) is 4.98 Å². The molecule has 3 rings (SSSR count). The van der Waals surface area contributed by atoms with Crippen LogP contribution in [0.4, 0.5) is 11.5 Å². The summed E-state index contributed by atoms with van der Waals surface area (Å²) in [6.07, 6.45) is 0. The average molecular weight is 333 g/mol. The van der Waals surface area contributed by atoms with Gasteiger partial charge in [-0.2, -0.15) is 0 Å². The first-order chi connectivity index (χ1) is 11.3. The number of morpholine rings is 1. The molecule has 2 fully saturated rings. The molecule has 0 radical (unpaired) electrons. The van der Waals surface area contributed by atoms with Crippen molar-refractivity contribution < 1.29 is 19.4 Å². The van der Waals surface area contributed by atoms with E-state index in [0.717, 1.165) is 24.6 Å². The van der Waals surface area contributed by atoms with Gasteiger partial charge in [-0.15, -0.1) is 0 Å². The minimum Gasteiger partial charge on any atom is -0.481 e. The van der Waals surface area contributed by atoms with Crippen molar-refractivity contribution in [3.8, 4) is 0 Å². The lowest BCUT2D eigenvalue weighted by Gasteiger charge is -2.28. The van der Waals surface area contributed by atoms with Crippen LogP contribution in [-0.4, -0.2) is 48.3 Å². The molecule has 0 bridgehead atoms. The van der Waals surface area contributed by atoms with Crippen LogP contribution in [0.2, 0.25) is 0 Å². The minimum atomic E-state index is -0.919. The number of aromatic nitrogens is 1. The summed E-state index contributed by atoms with van der Waals surface area (Å²) in [4.78, 5) is 30.3. The van der Waals surface area contributed by atoms with E-state index in [-0.39, 0.29) is 5.91 Å². The molecule has 1 aromatic rings. The third-order valence-corrected chi connectivity index (χ3v) is 5.04. The van der Waals surface area contributed by atoms with Crippen molar-refractivity contribution in [2.24, 2.45) is 17.3 Å². The van der Waals surface area contributed by atoms with E-state index in [2.05, 4.69) is 15.2 Å². The van der Waals surface area contributed by atoms with Crippen LogP contribution in [0.15, 0.2) is 12.1 Å². The maximum absolute atomic E-state index is 12.4. The van der Waals surface area contributed by atoms with Crippen molar-refractivity contribution >= 4 is 23.4 Å². The van der Waals surface area contributed by atoms with Gasteiger partial charge in [0.25, 0.3) is 0 Å². The Morgan fingerprint density at radius 2 is 1.96 bits per heavy atom. The molecule has 1 saturated carbocycles. The third kappa shape index (κ3) is 2.96. The number of anilines is 2. The molecule has 1 saturated heterocycles. The van der Waals surface area contributed by atoms with Crippen LogP contribution < -0.4 is 10.2 Å². The van der Waals surface area contributed by atoms with Crippen LogP contribution in [0.5, 0.6) is 0 Å². The Morgan fingerprint density at radius 1 is 1.29 bits per heavy atom. The summed E-state index contributed by atoms with van der Waals surface area (Å²) >= 11 is 0. The molecular formula is C17H23N3O4. The summed E-state index contributed by atoms with van der Waals surface area (Å²) in [6, 6.07) is 3.71. The first-order valence-electron chi connectivity index (χ1n) is 8.16. The van der Waals surface area contributed by atoms with Crippen molar-refractivity contribution in [1.29, 1.82) is 0 Å². The Labute approximate surface area is 141 Å². The summed E-state index contributed by atoms with van der Waals surface area (Å²) in [6.45, 7) is 8.43. The average Bonchev–Trinajstić information content (AvgIpc) is 3.13. The van der Waals surface area contributed by atoms with Gasteiger partial charge >= 0.3 is 5.97 Å². The van der Waals surface area contributed by atoms with Gasteiger partial charge in [-0.25, -0.2) is 4.98 Å². The van der Waals surface area contributed by atoms with E-state index >= 15 is 0 Å². The Hall–Kier alpha value is -2.15. The van der Waals surface area contributed by atoms with Gasteiger partial charge in [0.15, 0.2) is 0 Å². The molecule has 2 N–H and O–H groups in total. The maximum atomic E-state index is 12.4. The molecule has 1 amide bonds. The molecule has 1 aliphatic carbocycles. The van der Waals surface area contributed by atoms with Gasteiger partial charge < -0.3 is 20.1 Å².